The van der Waals surface area contributed by atoms with Gasteiger partial charge in [0.1, 0.15) is 0 Å². The van der Waals surface area contributed by atoms with E-state index in [1.165, 1.54) is 9.75 Å². The molecule has 2 N–H and O–H groups in total. The van der Waals surface area contributed by atoms with Crippen LogP contribution in [0.15, 0.2) is 35.2 Å². The van der Waals surface area contributed by atoms with Gasteiger partial charge in [-0.25, -0.2) is 0 Å². The molecule has 1 amide bonds. The number of aryl methyl sites for hydroxylation is 1. The molecule has 1 aromatic carbocycles. The Balaban J connectivity index is 1.68. The first-order valence-corrected chi connectivity index (χ1v) is 8.43. The number of fused-ring (bicyclic) bond motifs is 1. The molecule has 3 rings (SSSR count). The fraction of sp³-hybridized carbons (Fsp3) is 0.267. The smallest absolute Gasteiger partial charge is 0.234 e. The summed E-state index contributed by atoms with van der Waals surface area (Å²) in [6, 6.07) is 10.5. The molecule has 0 saturated carbocycles. The van der Waals surface area contributed by atoms with E-state index in [-0.39, 0.29) is 5.91 Å². The van der Waals surface area contributed by atoms with Crippen LogP contribution in [0.2, 0.25) is 0 Å². The van der Waals surface area contributed by atoms with Crippen molar-refractivity contribution in [3.05, 3.63) is 40.1 Å². The summed E-state index contributed by atoms with van der Waals surface area (Å²) in [4.78, 5) is 15.3. The van der Waals surface area contributed by atoms with Crippen molar-refractivity contribution in [3.8, 4) is 0 Å². The highest BCUT2D eigenvalue weighted by Gasteiger charge is 2.15. The highest BCUT2D eigenvalue weighted by atomic mass is 32.2. The molecule has 1 aliphatic rings. The van der Waals surface area contributed by atoms with Gasteiger partial charge in [-0.1, -0.05) is 6.92 Å². The van der Waals surface area contributed by atoms with Crippen LogP contribution >= 0.6 is 23.1 Å². The van der Waals surface area contributed by atoms with Crippen molar-refractivity contribution in [2.45, 2.75) is 24.8 Å². The molecule has 0 radical (unpaired) electrons. The Kier molecular flexibility index (Phi) is 3.98. The average molecular weight is 304 g/mol. The lowest BCUT2D eigenvalue weighted by Crippen LogP contribution is -2.18. The first-order chi connectivity index (χ1) is 9.74. The summed E-state index contributed by atoms with van der Waals surface area (Å²) in [5.74, 6) is 0.583. The molecule has 0 unspecified atom stereocenters. The van der Waals surface area contributed by atoms with Crippen LogP contribution in [-0.2, 0) is 17.8 Å². The minimum absolute atomic E-state index is 0.0745. The third-order valence-electron chi connectivity index (χ3n) is 3.14. The largest absolute Gasteiger partial charge is 0.380 e. The fourth-order valence-corrected chi connectivity index (χ4v) is 3.78. The van der Waals surface area contributed by atoms with Crippen molar-refractivity contribution >= 4 is 40.4 Å². The molecule has 0 spiro atoms. The molecule has 2 heterocycles. The lowest BCUT2D eigenvalue weighted by atomic mass is 10.2. The van der Waals surface area contributed by atoms with Gasteiger partial charge in [0.05, 0.1) is 11.4 Å². The first kappa shape index (κ1) is 13.5. The number of amides is 1. The van der Waals surface area contributed by atoms with Crippen LogP contribution in [0.1, 0.15) is 16.7 Å². The van der Waals surface area contributed by atoms with Crippen molar-refractivity contribution in [1.29, 1.82) is 0 Å². The Morgan fingerprint density at radius 3 is 2.90 bits per heavy atom. The predicted octanol–water partition coefficient (Wildman–Crippen LogP) is 3.97. The Labute approximate surface area is 126 Å². The number of benzene rings is 1. The van der Waals surface area contributed by atoms with Crippen molar-refractivity contribution < 1.29 is 4.79 Å². The number of thioether (sulfide) groups is 1. The minimum atomic E-state index is 0.0745. The zero-order valence-corrected chi connectivity index (χ0v) is 12.9. The second-order valence-electron chi connectivity index (χ2n) is 4.62. The Morgan fingerprint density at radius 2 is 2.10 bits per heavy atom. The second kappa shape index (κ2) is 5.89. The molecule has 0 aliphatic carbocycles. The second-order valence-corrected chi connectivity index (χ2v) is 6.89. The van der Waals surface area contributed by atoms with E-state index >= 15 is 0 Å². The zero-order chi connectivity index (χ0) is 13.9. The Hall–Kier alpha value is -1.46. The van der Waals surface area contributed by atoms with Gasteiger partial charge in [0.2, 0.25) is 5.91 Å². The third kappa shape index (κ3) is 2.99. The van der Waals surface area contributed by atoms with Gasteiger partial charge in [-0.3, -0.25) is 4.79 Å². The van der Waals surface area contributed by atoms with E-state index < -0.39 is 0 Å². The van der Waals surface area contributed by atoms with E-state index in [9.17, 15) is 4.79 Å². The van der Waals surface area contributed by atoms with Gasteiger partial charge in [0.15, 0.2) is 0 Å². The number of nitrogens with one attached hydrogen (secondary N) is 2. The minimum Gasteiger partial charge on any atom is -0.380 e. The van der Waals surface area contributed by atoms with Gasteiger partial charge >= 0.3 is 0 Å². The summed E-state index contributed by atoms with van der Waals surface area (Å²) < 4.78 is 0. The number of rotatable bonds is 4. The average Bonchev–Trinajstić information content (AvgIpc) is 2.92. The lowest BCUT2D eigenvalue weighted by molar-refractivity contribution is -0.113. The summed E-state index contributed by atoms with van der Waals surface area (Å²) in [5, 5.41) is 6.33. The first-order valence-electron chi connectivity index (χ1n) is 6.63. The molecule has 0 saturated heterocycles. The standard InChI is InChI=1S/C15H16N2OS2/c1-2-11-4-5-12(20-11)8-16-10-3-6-14-13(7-10)17-15(18)9-19-14/h3-7,16H,2,8-9H2,1H3,(H,17,18). The van der Waals surface area contributed by atoms with Crippen LogP contribution < -0.4 is 10.6 Å². The van der Waals surface area contributed by atoms with Crippen LogP contribution in [0.5, 0.6) is 0 Å². The number of hydrogen-bond acceptors (Lipinski definition) is 4. The zero-order valence-electron chi connectivity index (χ0n) is 11.2. The monoisotopic (exact) mass is 304 g/mol. The molecule has 0 atom stereocenters. The molecule has 5 heteroatoms. The van der Waals surface area contributed by atoms with Crippen LogP contribution in [0.25, 0.3) is 0 Å². The molecule has 2 aromatic rings. The molecule has 1 aliphatic heterocycles. The van der Waals surface area contributed by atoms with Gasteiger partial charge in [0.25, 0.3) is 0 Å². The molecular weight excluding hydrogens is 288 g/mol. The highest BCUT2D eigenvalue weighted by molar-refractivity contribution is 8.00. The fourth-order valence-electron chi connectivity index (χ4n) is 2.09. The quantitative estimate of drug-likeness (QED) is 0.898. The van der Waals surface area contributed by atoms with E-state index in [0.29, 0.717) is 5.75 Å². The van der Waals surface area contributed by atoms with Gasteiger partial charge in [-0.2, -0.15) is 0 Å². The van der Waals surface area contributed by atoms with E-state index in [4.69, 9.17) is 0 Å². The van der Waals surface area contributed by atoms with E-state index in [1.54, 1.807) is 11.8 Å². The van der Waals surface area contributed by atoms with E-state index in [0.717, 1.165) is 29.2 Å². The molecule has 0 bridgehead atoms. The number of carbonyl (C=O) groups excluding carboxylic acids is 1. The maximum absolute atomic E-state index is 11.4. The molecule has 3 nitrogen and oxygen atoms in total. The lowest BCUT2D eigenvalue weighted by Gasteiger charge is -2.17. The summed E-state index contributed by atoms with van der Waals surface area (Å²) >= 11 is 3.43. The van der Waals surface area contributed by atoms with Crippen molar-refractivity contribution in [1.82, 2.24) is 0 Å². The van der Waals surface area contributed by atoms with Crippen LogP contribution in [0.3, 0.4) is 0 Å². The number of hydrogen-bond donors (Lipinski definition) is 2. The summed E-state index contributed by atoms with van der Waals surface area (Å²) in [6.07, 6.45) is 1.09. The normalized spacial score (nSPS) is 13.8. The van der Waals surface area contributed by atoms with Gasteiger partial charge < -0.3 is 10.6 Å². The van der Waals surface area contributed by atoms with Crippen molar-refractivity contribution in [3.63, 3.8) is 0 Å². The highest BCUT2D eigenvalue weighted by Crippen LogP contribution is 2.33. The number of thiophene rings is 1. The van der Waals surface area contributed by atoms with Gasteiger partial charge in [-0.05, 0) is 36.8 Å². The van der Waals surface area contributed by atoms with Crippen LogP contribution in [0, 0.1) is 0 Å². The maximum atomic E-state index is 11.4. The van der Waals surface area contributed by atoms with Gasteiger partial charge in [0, 0.05) is 26.9 Å². The van der Waals surface area contributed by atoms with E-state index in [2.05, 4.69) is 41.8 Å². The summed E-state index contributed by atoms with van der Waals surface area (Å²) in [6.45, 7) is 3.00. The summed E-state index contributed by atoms with van der Waals surface area (Å²) in [5.41, 5.74) is 1.95. The van der Waals surface area contributed by atoms with Crippen molar-refractivity contribution in [2.75, 3.05) is 16.4 Å². The Bertz CT molecular complexity index is 637. The molecule has 1 aromatic heterocycles. The van der Waals surface area contributed by atoms with Crippen LogP contribution in [0.4, 0.5) is 11.4 Å². The third-order valence-corrected chi connectivity index (χ3v) is 5.45. The van der Waals surface area contributed by atoms with Crippen molar-refractivity contribution in [2.24, 2.45) is 0 Å². The molecule has 0 fully saturated rings. The maximum Gasteiger partial charge on any atom is 0.234 e. The number of carbonyl (C=O) groups is 1. The van der Waals surface area contributed by atoms with Crippen LogP contribution in [-0.4, -0.2) is 11.7 Å². The SMILES string of the molecule is CCc1ccc(CNc2ccc3c(c2)NC(=O)CS3)s1. The molecule has 104 valence electrons. The molecule has 20 heavy (non-hydrogen) atoms. The Morgan fingerprint density at radius 1 is 1.25 bits per heavy atom. The van der Waals surface area contributed by atoms with E-state index in [1.807, 2.05) is 17.4 Å². The van der Waals surface area contributed by atoms with Gasteiger partial charge in [-0.15, -0.1) is 23.1 Å². The molecular formula is C15H16N2OS2. The predicted molar refractivity (Wildman–Crippen MR) is 86.8 cm³/mol. The number of anilines is 2. The topological polar surface area (TPSA) is 41.1 Å². The summed E-state index contributed by atoms with van der Waals surface area (Å²) in [7, 11) is 0.